The third kappa shape index (κ3) is 3.66. The van der Waals surface area contributed by atoms with Gasteiger partial charge in [-0.1, -0.05) is 13.8 Å². The van der Waals surface area contributed by atoms with Crippen molar-refractivity contribution in [3.05, 3.63) is 17.7 Å². The van der Waals surface area contributed by atoms with Crippen LogP contribution in [-0.2, 0) is 16.4 Å². The highest BCUT2D eigenvalue weighted by molar-refractivity contribution is 7.90. The van der Waals surface area contributed by atoms with Crippen molar-refractivity contribution >= 4 is 9.84 Å². The van der Waals surface area contributed by atoms with Gasteiger partial charge in [0.2, 0.25) is 0 Å². The Hall–Kier alpha value is -0.840. The molecular weight excluding hydrogens is 212 g/mol. The Morgan fingerprint density at radius 2 is 2.07 bits per heavy atom. The average Bonchev–Trinajstić information content (AvgIpc) is 2.42. The molecule has 0 fully saturated rings. The number of rotatable bonds is 4. The van der Waals surface area contributed by atoms with Crippen LogP contribution in [0, 0.1) is 6.92 Å². The van der Waals surface area contributed by atoms with Gasteiger partial charge in [0.25, 0.3) is 0 Å². The normalized spacial score (nSPS) is 12.3. The average molecular weight is 230 g/mol. The summed E-state index contributed by atoms with van der Waals surface area (Å²) in [6.45, 7) is 6.53. The lowest BCUT2D eigenvalue weighted by atomic mass is 10.2. The molecule has 0 spiro atoms. The van der Waals surface area contributed by atoms with Crippen molar-refractivity contribution in [3.63, 3.8) is 0 Å². The number of hydrogen-bond donors (Lipinski definition) is 0. The molecular formula is C10H18N2O2S. The summed E-state index contributed by atoms with van der Waals surface area (Å²) in [6.07, 6.45) is 3.19. The van der Waals surface area contributed by atoms with Gasteiger partial charge in [-0.2, -0.15) is 0 Å². The predicted octanol–water partition coefficient (Wildman–Crippen LogP) is 1.36. The Balaban J connectivity index is 2.78. The van der Waals surface area contributed by atoms with E-state index in [0.29, 0.717) is 12.5 Å². The Morgan fingerprint density at radius 3 is 2.47 bits per heavy atom. The molecule has 0 saturated carbocycles. The minimum Gasteiger partial charge on any atom is -0.334 e. The fourth-order valence-corrected chi connectivity index (χ4v) is 1.83. The zero-order chi connectivity index (χ0) is 11.6. The van der Waals surface area contributed by atoms with Crippen LogP contribution in [0.5, 0.6) is 0 Å². The van der Waals surface area contributed by atoms with Gasteiger partial charge >= 0.3 is 0 Å². The summed E-state index contributed by atoms with van der Waals surface area (Å²) < 4.78 is 23.9. The van der Waals surface area contributed by atoms with Crippen LogP contribution in [0.15, 0.2) is 6.20 Å². The molecule has 4 nitrogen and oxygen atoms in total. The number of imidazole rings is 1. The van der Waals surface area contributed by atoms with E-state index >= 15 is 0 Å². The van der Waals surface area contributed by atoms with Crippen LogP contribution in [0.2, 0.25) is 0 Å². The molecule has 0 N–H and O–H groups in total. The van der Waals surface area contributed by atoms with E-state index in [2.05, 4.69) is 18.8 Å². The lowest BCUT2D eigenvalue weighted by Crippen LogP contribution is -2.11. The van der Waals surface area contributed by atoms with Crippen molar-refractivity contribution in [2.45, 2.75) is 33.2 Å². The first-order valence-corrected chi connectivity index (χ1v) is 7.07. The fraction of sp³-hybridized carbons (Fsp3) is 0.700. The maximum atomic E-state index is 11.0. The highest BCUT2D eigenvalue weighted by Crippen LogP contribution is 2.13. The second-order valence-electron chi connectivity index (χ2n) is 4.19. The predicted molar refractivity (Wildman–Crippen MR) is 60.8 cm³/mol. The standard InChI is InChI=1S/C10H18N2O2S/c1-8(2)10-7-12(9(3)11-10)5-6-15(4,13)14/h7-8H,5-6H2,1-4H3. The van der Waals surface area contributed by atoms with Crippen LogP contribution in [-0.4, -0.2) is 30.0 Å². The number of nitrogens with zero attached hydrogens (tertiary/aromatic N) is 2. The lowest BCUT2D eigenvalue weighted by molar-refractivity contribution is 0.593. The van der Waals surface area contributed by atoms with Crippen molar-refractivity contribution in [3.8, 4) is 0 Å². The van der Waals surface area contributed by atoms with Gasteiger partial charge in [-0.3, -0.25) is 0 Å². The Morgan fingerprint density at radius 1 is 1.47 bits per heavy atom. The van der Waals surface area contributed by atoms with Gasteiger partial charge in [0.15, 0.2) is 0 Å². The first kappa shape index (κ1) is 12.2. The second-order valence-corrected chi connectivity index (χ2v) is 6.45. The van der Waals surface area contributed by atoms with E-state index in [9.17, 15) is 8.42 Å². The van der Waals surface area contributed by atoms with Gasteiger partial charge in [-0.15, -0.1) is 0 Å². The molecule has 0 atom stereocenters. The van der Waals surface area contributed by atoms with E-state index in [-0.39, 0.29) is 5.75 Å². The quantitative estimate of drug-likeness (QED) is 0.784. The molecule has 15 heavy (non-hydrogen) atoms. The largest absolute Gasteiger partial charge is 0.334 e. The molecule has 0 aliphatic carbocycles. The number of aromatic nitrogens is 2. The maximum Gasteiger partial charge on any atom is 0.149 e. The Kier molecular flexibility index (Phi) is 3.54. The minimum absolute atomic E-state index is 0.168. The number of hydrogen-bond acceptors (Lipinski definition) is 3. The van der Waals surface area contributed by atoms with E-state index in [1.807, 2.05) is 17.7 Å². The Labute approximate surface area is 91.3 Å². The van der Waals surface area contributed by atoms with Crippen molar-refractivity contribution in [1.29, 1.82) is 0 Å². The smallest absolute Gasteiger partial charge is 0.149 e. The molecule has 0 aliphatic heterocycles. The van der Waals surface area contributed by atoms with Crippen LogP contribution in [0.4, 0.5) is 0 Å². The second kappa shape index (κ2) is 4.35. The van der Waals surface area contributed by atoms with Gasteiger partial charge in [0.1, 0.15) is 15.7 Å². The van der Waals surface area contributed by atoms with Crippen molar-refractivity contribution in [2.75, 3.05) is 12.0 Å². The first-order valence-electron chi connectivity index (χ1n) is 5.01. The zero-order valence-electron chi connectivity index (χ0n) is 9.69. The lowest BCUT2D eigenvalue weighted by Gasteiger charge is -2.02. The van der Waals surface area contributed by atoms with Gasteiger partial charge in [0, 0.05) is 19.0 Å². The molecule has 0 saturated heterocycles. The van der Waals surface area contributed by atoms with Gasteiger partial charge < -0.3 is 4.57 Å². The van der Waals surface area contributed by atoms with Crippen molar-refractivity contribution in [1.82, 2.24) is 9.55 Å². The van der Waals surface area contributed by atoms with Gasteiger partial charge in [-0.25, -0.2) is 13.4 Å². The molecule has 0 aliphatic rings. The molecule has 86 valence electrons. The number of aryl methyl sites for hydroxylation is 2. The molecule has 0 amide bonds. The van der Waals surface area contributed by atoms with Crippen LogP contribution in [0.3, 0.4) is 0 Å². The molecule has 0 aromatic carbocycles. The highest BCUT2D eigenvalue weighted by atomic mass is 32.2. The first-order chi connectivity index (χ1) is 6.79. The van der Waals surface area contributed by atoms with E-state index in [0.717, 1.165) is 11.5 Å². The molecule has 0 radical (unpaired) electrons. The van der Waals surface area contributed by atoms with Crippen molar-refractivity contribution in [2.24, 2.45) is 0 Å². The minimum atomic E-state index is -2.90. The third-order valence-corrected chi connectivity index (χ3v) is 3.21. The summed E-state index contributed by atoms with van der Waals surface area (Å²) in [5, 5.41) is 0. The molecule has 0 unspecified atom stereocenters. The van der Waals surface area contributed by atoms with E-state index in [1.54, 1.807) is 0 Å². The molecule has 0 bridgehead atoms. The molecule has 1 aromatic heterocycles. The summed E-state index contributed by atoms with van der Waals surface area (Å²) in [4.78, 5) is 4.38. The third-order valence-electron chi connectivity index (χ3n) is 2.29. The topological polar surface area (TPSA) is 52.0 Å². The SMILES string of the molecule is Cc1nc(C(C)C)cn1CCS(C)(=O)=O. The summed E-state index contributed by atoms with van der Waals surface area (Å²) in [5.41, 5.74) is 1.01. The van der Waals surface area contributed by atoms with Crippen LogP contribution in [0.1, 0.15) is 31.3 Å². The zero-order valence-corrected chi connectivity index (χ0v) is 10.5. The van der Waals surface area contributed by atoms with Gasteiger partial charge in [-0.05, 0) is 12.8 Å². The molecule has 5 heteroatoms. The van der Waals surface area contributed by atoms with Crippen LogP contribution in [0.25, 0.3) is 0 Å². The summed E-state index contributed by atoms with van der Waals surface area (Å²) in [7, 11) is -2.90. The van der Waals surface area contributed by atoms with Crippen LogP contribution < -0.4 is 0 Å². The van der Waals surface area contributed by atoms with E-state index in [4.69, 9.17) is 0 Å². The van der Waals surface area contributed by atoms with E-state index < -0.39 is 9.84 Å². The maximum absolute atomic E-state index is 11.0. The fourth-order valence-electron chi connectivity index (χ4n) is 1.30. The van der Waals surface area contributed by atoms with Crippen molar-refractivity contribution < 1.29 is 8.42 Å². The Bertz CT molecular complexity index is 432. The van der Waals surface area contributed by atoms with E-state index in [1.165, 1.54) is 6.26 Å². The van der Waals surface area contributed by atoms with Gasteiger partial charge in [0.05, 0.1) is 11.4 Å². The highest BCUT2D eigenvalue weighted by Gasteiger charge is 2.09. The summed E-state index contributed by atoms with van der Waals surface area (Å²) in [6, 6.07) is 0. The summed E-state index contributed by atoms with van der Waals surface area (Å²) in [5.74, 6) is 1.42. The number of sulfone groups is 1. The molecule has 1 aromatic rings. The van der Waals surface area contributed by atoms with Crippen LogP contribution >= 0.6 is 0 Å². The summed E-state index contributed by atoms with van der Waals surface area (Å²) >= 11 is 0. The monoisotopic (exact) mass is 230 g/mol. The molecule has 1 heterocycles. The molecule has 1 rings (SSSR count).